The molecular formula is C22H31ClN2O4S. The minimum absolute atomic E-state index is 0.0298. The molecule has 1 aromatic carbocycles. The smallest absolute Gasteiger partial charge is 0.215 e. The van der Waals surface area contributed by atoms with Gasteiger partial charge in [-0.25, -0.2) is 8.42 Å². The Morgan fingerprint density at radius 1 is 1.17 bits per heavy atom. The van der Waals surface area contributed by atoms with Crippen molar-refractivity contribution in [2.24, 2.45) is 16.7 Å². The number of para-hydroxylation sites is 1. The molecule has 1 heterocycles. The molecule has 0 amide bonds. The van der Waals surface area contributed by atoms with Gasteiger partial charge in [-0.15, -0.1) is 0 Å². The Bertz CT molecular complexity index is 911. The van der Waals surface area contributed by atoms with E-state index in [-0.39, 0.29) is 17.0 Å². The average molecular weight is 455 g/mol. The number of sulfonamides is 1. The predicted molar refractivity (Wildman–Crippen MR) is 117 cm³/mol. The first-order valence-corrected chi connectivity index (χ1v) is 12.8. The van der Waals surface area contributed by atoms with E-state index >= 15 is 0 Å². The monoisotopic (exact) mass is 454 g/mol. The Labute approximate surface area is 184 Å². The SMILES string of the molecule is CC1(C)C2CCC1(CS(=O)(=O)N1CCN(CCOc3ccccc3Cl)CC1)C(=O)C2. The molecule has 2 saturated carbocycles. The summed E-state index contributed by atoms with van der Waals surface area (Å²) in [5.41, 5.74) is -0.925. The summed E-state index contributed by atoms with van der Waals surface area (Å²) in [5.74, 6) is 1.12. The number of fused-ring (bicyclic) bond motifs is 2. The van der Waals surface area contributed by atoms with Crippen molar-refractivity contribution in [3.05, 3.63) is 29.3 Å². The summed E-state index contributed by atoms with van der Waals surface area (Å²) >= 11 is 6.11. The van der Waals surface area contributed by atoms with Crippen molar-refractivity contribution in [2.75, 3.05) is 45.1 Å². The van der Waals surface area contributed by atoms with Gasteiger partial charge in [0.2, 0.25) is 10.0 Å². The molecule has 3 aliphatic rings. The number of nitrogens with zero attached hydrogens (tertiary/aromatic N) is 2. The van der Waals surface area contributed by atoms with Gasteiger partial charge in [-0.2, -0.15) is 4.31 Å². The quantitative estimate of drug-likeness (QED) is 0.633. The molecule has 166 valence electrons. The van der Waals surface area contributed by atoms with Gasteiger partial charge in [0, 0.05) is 44.6 Å². The van der Waals surface area contributed by atoms with E-state index in [0.29, 0.717) is 62.3 Å². The van der Waals surface area contributed by atoms with Crippen molar-refractivity contribution in [1.29, 1.82) is 0 Å². The van der Waals surface area contributed by atoms with E-state index in [4.69, 9.17) is 16.3 Å². The second kappa shape index (κ2) is 8.08. The number of piperazine rings is 1. The van der Waals surface area contributed by atoms with Crippen LogP contribution in [0.5, 0.6) is 5.75 Å². The summed E-state index contributed by atoms with van der Waals surface area (Å²) < 4.78 is 33.8. The third kappa shape index (κ3) is 3.78. The van der Waals surface area contributed by atoms with Gasteiger partial charge in [-0.1, -0.05) is 37.6 Å². The van der Waals surface area contributed by atoms with E-state index in [1.54, 1.807) is 10.4 Å². The van der Waals surface area contributed by atoms with Crippen molar-refractivity contribution in [2.45, 2.75) is 33.1 Å². The van der Waals surface area contributed by atoms with Crippen molar-refractivity contribution in [1.82, 2.24) is 9.21 Å². The van der Waals surface area contributed by atoms with Gasteiger partial charge in [0.25, 0.3) is 0 Å². The molecule has 2 aliphatic carbocycles. The minimum Gasteiger partial charge on any atom is -0.491 e. The first kappa shape index (κ1) is 22.1. The molecule has 0 N–H and O–H groups in total. The summed E-state index contributed by atoms with van der Waals surface area (Å²) in [6.07, 6.45) is 2.22. The third-order valence-electron chi connectivity index (χ3n) is 7.79. The number of rotatable bonds is 7. The lowest BCUT2D eigenvalue weighted by Gasteiger charge is -2.39. The molecule has 8 heteroatoms. The van der Waals surface area contributed by atoms with Crippen LogP contribution in [0.4, 0.5) is 0 Å². The van der Waals surface area contributed by atoms with Gasteiger partial charge in [-0.05, 0) is 36.3 Å². The van der Waals surface area contributed by atoms with E-state index in [1.807, 2.05) is 18.2 Å². The third-order valence-corrected chi connectivity index (χ3v) is 10.1. The second-order valence-corrected chi connectivity index (χ2v) is 11.8. The fourth-order valence-corrected chi connectivity index (χ4v) is 7.98. The Morgan fingerprint density at radius 2 is 1.87 bits per heavy atom. The number of Topliss-reactive ketones (excluding diaryl/α,β-unsaturated/α-hetero) is 1. The molecule has 6 nitrogen and oxygen atoms in total. The molecule has 1 saturated heterocycles. The summed E-state index contributed by atoms with van der Waals surface area (Å²) in [6.45, 7) is 7.64. The molecule has 1 aromatic rings. The highest BCUT2D eigenvalue weighted by Crippen LogP contribution is 2.64. The summed E-state index contributed by atoms with van der Waals surface area (Å²) in [4.78, 5) is 14.9. The maximum atomic E-state index is 13.2. The van der Waals surface area contributed by atoms with Crippen LogP contribution in [0.2, 0.25) is 5.02 Å². The van der Waals surface area contributed by atoms with E-state index in [2.05, 4.69) is 18.7 Å². The Hall–Kier alpha value is -1.15. The predicted octanol–water partition coefficient (Wildman–Crippen LogP) is 3.06. The van der Waals surface area contributed by atoms with Crippen LogP contribution in [0.15, 0.2) is 24.3 Å². The van der Waals surface area contributed by atoms with E-state index < -0.39 is 15.4 Å². The van der Waals surface area contributed by atoms with Crippen molar-refractivity contribution in [3.63, 3.8) is 0 Å². The number of carbonyl (C=O) groups is 1. The van der Waals surface area contributed by atoms with Crippen LogP contribution in [0.1, 0.15) is 33.1 Å². The zero-order chi connectivity index (χ0) is 21.6. The number of ether oxygens (including phenoxy) is 1. The zero-order valence-electron chi connectivity index (χ0n) is 17.8. The number of hydrogen-bond donors (Lipinski definition) is 0. The molecule has 4 rings (SSSR count). The van der Waals surface area contributed by atoms with Gasteiger partial charge < -0.3 is 4.74 Å². The number of carbonyl (C=O) groups excluding carboxylic acids is 1. The molecule has 0 aromatic heterocycles. The molecule has 3 fully saturated rings. The van der Waals surface area contributed by atoms with Gasteiger partial charge in [0.05, 0.1) is 10.8 Å². The van der Waals surface area contributed by atoms with E-state index in [9.17, 15) is 13.2 Å². The zero-order valence-corrected chi connectivity index (χ0v) is 19.3. The van der Waals surface area contributed by atoms with Crippen LogP contribution in [-0.2, 0) is 14.8 Å². The lowest BCUT2D eigenvalue weighted by atomic mass is 9.70. The lowest BCUT2D eigenvalue weighted by Crippen LogP contribution is -2.53. The van der Waals surface area contributed by atoms with Crippen molar-refractivity contribution >= 4 is 27.4 Å². The molecule has 0 spiro atoms. The van der Waals surface area contributed by atoms with Crippen molar-refractivity contribution in [3.8, 4) is 5.75 Å². The normalized spacial score (nSPS) is 29.4. The van der Waals surface area contributed by atoms with Crippen LogP contribution < -0.4 is 4.74 Å². The van der Waals surface area contributed by atoms with Crippen LogP contribution in [0, 0.1) is 16.7 Å². The molecule has 2 unspecified atom stereocenters. The Morgan fingerprint density at radius 3 is 2.47 bits per heavy atom. The second-order valence-electron chi connectivity index (χ2n) is 9.44. The van der Waals surface area contributed by atoms with Gasteiger partial charge in [0.15, 0.2) is 0 Å². The first-order chi connectivity index (χ1) is 14.2. The van der Waals surface area contributed by atoms with Crippen LogP contribution in [0.3, 0.4) is 0 Å². The summed E-state index contributed by atoms with van der Waals surface area (Å²) in [6, 6.07) is 7.38. The molecule has 0 radical (unpaired) electrons. The topological polar surface area (TPSA) is 66.9 Å². The first-order valence-electron chi connectivity index (χ1n) is 10.8. The van der Waals surface area contributed by atoms with E-state index in [1.165, 1.54) is 0 Å². The largest absolute Gasteiger partial charge is 0.491 e. The van der Waals surface area contributed by atoms with Gasteiger partial charge >= 0.3 is 0 Å². The maximum Gasteiger partial charge on any atom is 0.215 e. The highest BCUT2D eigenvalue weighted by Gasteiger charge is 2.65. The fraction of sp³-hybridized carbons (Fsp3) is 0.682. The average Bonchev–Trinajstić information content (AvgIpc) is 3.04. The molecule has 1 aliphatic heterocycles. The number of hydrogen-bond acceptors (Lipinski definition) is 5. The highest BCUT2D eigenvalue weighted by molar-refractivity contribution is 7.89. The number of benzene rings is 1. The number of ketones is 1. The lowest BCUT2D eigenvalue weighted by molar-refractivity contribution is -0.128. The van der Waals surface area contributed by atoms with E-state index in [0.717, 1.165) is 13.0 Å². The van der Waals surface area contributed by atoms with Crippen LogP contribution in [-0.4, -0.2) is 68.5 Å². The summed E-state index contributed by atoms with van der Waals surface area (Å²) in [5, 5.41) is 0.589. The van der Waals surface area contributed by atoms with Gasteiger partial charge in [-0.3, -0.25) is 9.69 Å². The number of halogens is 1. The molecular weight excluding hydrogens is 424 g/mol. The summed E-state index contributed by atoms with van der Waals surface area (Å²) in [7, 11) is -3.47. The molecule has 2 atom stereocenters. The highest BCUT2D eigenvalue weighted by atomic mass is 35.5. The van der Waals surface area contributed by atoms with Gasteiger partial charge in [0.1, 0.15) is 18.1 Å². The minimum atomic E-state index is -3.47. The molecule has 2 bridgehead atoms. The van der Waals surface area contributed by atoms with Crippen LogP contribution >= 0.6 is 11.6 Å². The standard InChI is InChI=1S/C22H31ClN2O4S/c1-21(2)17-7-8-22(21,20(26)15-17)16-30(27,28)25-11-9-24(10-12-25)13-14-29-19-6-4-3-5-18(19)23/h3-6,17H,7-16H2,1-2H3. The Balaban J connectivity index is 1.30. The molecule has 30 heavy (non-hydrogen) atoms. The maximum absolute atomic E-state index is 13.2. The van der Waals surface area contributed by atoms with Crippen LogP contribution in [0.25, 0.3) is 0 Å². The fourth-order valence-electron chi connectivity index (χ4n) is 5.59. The van der Waals surface area contributed by atoms with Crippen molar-refractivity contribution < 1.29 is 17.9 Å². The Kier molecular flexibility index (Phi) is 5.94.